The molecule has 0 bridgehead atoms. The van der Waals surface area contributed by atoms with Gasteiger partial charge in [0.05, 0.1) is 6.61 Å². The van der Waals surface area contributed by atoms with E-state index >= 15 is 0 Å². The van der Waals surface area contributed by atoms with Crippen LogP contribution >= 0.6 is 0 Å². The minimum absolute atomic E-state index is 0.0897. The van der Waals surface area contributed by atoms with Crippen molar-refractivity contribution in [2.75, 3.05) is 19.7 Å². The van der Waals surface area contributed by atoms with Crippen LogP contribution in [0.5, 0.6) is 0 Å². The second kappa shape index (κ2) is 5.48. The summed E-state index contributed by atoms with van der Waals surface area (Å²) in [4.78, 5) is 14.1. The lowest BCUT2D eigenvalue weighted by Crippen LogP contribution is -2.31. The summed E-state index contributed by atoms with van der Waals surface area (Å²) in [5.74, 6) is -0.434. The third-order valence-corrected chi connectivity index (χ3v) is 0.839. The summed E-state index contributed by atoms with van der Waals surface area (Å²) >= 11 is 0. The fraction of sp³-hybridized carbons (Fsp3) is 0.600. The highest BCUT2D eigenvalue weighted by atomic mass is 16.3. The first-order valence-corrected chi connectivity index (χ1v) is 3.09. The Morgan fingerprint density at radius 1 is 1.55 bits per heavy atom. The van der Waals surface area contributed by atoms with Gasteiger partial charge in [-0.05, 0) is 0 Å². The molecule has 0 aliphatic rings. The number of nitrogens with two attached hydrogens (primary N) is 2. The van der Waals surface area contributed by atoms with Crippen molar-refractivity contribution in [2.45, 2.75) is 0 Å². The first-order chi connectivity index (χ1) is 5.16. The molecule has 0 fully saturated rings. The van der Waals surface area contributed by atoms with Crippen molar-refractivity contribution in [3.05, 3.63) is 0 Å². The summed E-state index contributed by atoms with van der Waals surface area (Å²) < 4.78 is 0. The lowest BCUT2D eigenvalue weighted by Gasteiger charge is -1.98. The maximum atomic E-state index is 10.7. The van der Waals surface area contributed by atoms with Crippen LogP contribution in [0.25, 0.3) is 0 Å². The predicted octanol–water partition coefficient (Wildman–Crippen LogP) is -2.63. The van der Waals surface area contributed by atoms with E-state index in [0.717, 1.165) is 0 Å². The van der Waals surface area contributed by atoms with Gasteiger partial charge in [-0.1, -0.05) is 0 Å². The molecule has 0 rings (SSSR count). The quantitative estimate of drug-likeness (QED) is 0.266. The van der Waals surface area contributed by atoms with Crippen molar-refractivity contribution in [1.29, 1.82) is 0 Å². The van der Waals surface area contributed by atoms with Crippen LogP contribution in [0.2, 0.25) is 0 Å². The van der Waals surface area contributed by atoms with Gasteiger partial charge in [0.25, 0.3) is 0 Å². The fourth-order valence-corrected chi connectivity index (χ4v) is 0.414. The molecule has 0 atom stereocenters. The van der Waals surface area contributed by atoms with Crippen molar-refractivity contribution in [2.24, 2.45) is 16.5 Å². The third-order valence-electron chi connectivity index (χ3n) is 0.839. The van der Waals surface area contributed by atoms with Crippen molar-refractivity contribution >= 4 is 11.9 Å². The molecule has 0 aromatic carbocycles. The Labute approximate surface area is 64.3 Å². The van der Waals surface area contributed by atoms with Crippen molar-refractivity contribution < 1.29 is 9.90 Å². The molecule has 0 saturated carbocycles. The van der Waals surface area contributed by atoms with Gasteiger partial charge in [0.1, 0.15) is 6.54 Å². The lowest BCUT2D eigenvalue weighted by atomic mass is 10.5. The Bertz CT molecular complexity index is 153. The number of hydrogen-bond donors (Lipinski definition) is 4. The zero-order valence-corrected chi connectivity index (χ0v) is 6.08. The molecule has 6 nitrogen and oxygen atoms in total. The number of rotatable bonds is 4. The zero-order valence-electron chi connectivity index (χ0n) is 6.08. The largest absolute Gasteiger partial charge is 0.395 e. The summed E-state index contributed by atoms with van der Waals surface area (Å²) in [6, 6.07) is 0. The maximum Gasteiger partial charge on any atom is 0.241 e. The molecule has 0 unspecified atom stereocenters. The minimum atomic E-state index is -0.313. The first kappa shape index (κ1) is 9.70. The van der Waals surface area contributed by atoms with Crippen molar-refractivity contribution in [3.8, 4) is 0 Å². The average Bonchev–Trinajstić information content (AvgIpc) is 1.97. The van der Waals surface area contributed by atoms with E-state index in [0.29, 0.717) is 0 Å². The number of carbonyl (C=O) groups excluding carboxylic acids is 1. The summed E-state index contributed by atoms with van der Waals surface area (Å²) in [5, 5.41) is 10.7. The van der Waals surface area contributed by atoms with Gasteiger partial charge < -0.3 is 21.9 Å². The number of guanidine groups is 1. The summed E-state index contributed by atoms with van der Waals surface area (Å²) in [5.41, 5.74) is 9.94. The first-order valence-electron chi connectivity index (χ1n) is 3.09. The van der Waals surface area contributed by atoms with E-state index in [1.165, 1.54) is 0 Å². The maximum absolute atomic E-state index is 10.7. The van der Waals surface area contributed by atoms with E-state index in [9.17, 15) is 4.79 Å². The Balaban J connectivity index is 3.45. The number of aliphatic imine (C=N–C) groups is 1. The Morgan fingerprint density at radius 3 is 2.64 bits per heavy atom. The summed E-state index contributed by atoms with van der Waals surface area (Å²) in [6.07, 6.45) is 0. The number of hydrogen-bond acceptors (Lipinski definition) is 3. The van der Waals surface area contributed by atoms with Crippen molar-refractivity contribution in [3.63, 3.8) is 0 Å². The number of nitrogens with zero attached hydrogens (tertiary/aromatic N) is 1. The third kappa shape index (κ3) is 6.59. The normalized spacial score (nSPS) is 8.82. The van der Waals surface area contributed by atoms with E-state index in [1.807, 2.05) is 0 Å². The number of carbonyl (C=O) groups is 1. The molecule has 0 aliphatic heterocycles. The van der Waals surface area contributed by atoms with Gasteiger partial charge in [-0.25, -0.2) is 4.99 Å². The van der Waals surface area contributed by atoms with Crippen LogP contribution in [0.1, 0.15) is 0 Å². The molecule has 0 saturated heterocycles. The molecule has 0 heterocycles. The van der Waals surface area contributed by atoms with Gasteiger partial charge in [0.15, 0.2) is 5.96 Å². The average molecular weight is 160 g/mol. The fourth-order valence-electron chi connectivity index (χ4n) is 0.414. The van der Waals surface area contributed by atoms with Crippen LogP contribution in [0.4, 0.5) is 0 Å². The molecule has 0 radical (unpaired) electrons. The van der Waals surface area contributed by atoms with Gasteiger partial charge in [-0.2, -0.15) is 0 Å². The van der Waals surface area contributed by atoms with Crippen LogP contribution in [0.3, 0.4) is 0 Å². The van der Waals surface area contributed by atoms with Gasteiger partial charge >= 0.3 is 0 Å². The summed E-state index contributed by atoms with van der Waals surface area (Å²) in [7, 11) is 0. The second-order valence-electron chi connectivity index (χ2n) is 1.81. The van der Waals surface area contributed by atoms with Gasteiger partial charge in [0, 0.05) is 6.54 Å². The molecule has 6 heteroatoms. The molecule has 0 aromatic rings. The van der Waals surface area contributed by atoms with E-state index in [2.05, 4.69) is 10.3 Å². The molecule has 6 N–H and O–H groups in total. The topological polar surface area (TPSA) is 114 Å². The number of aliphatic hydroxyl groups excluding tert-OH is 1. The van der Waals surface area contributed by atoms with Gasteiger partial charge in [-0.3, -0.25) is 4.79 Å². The Hall–Kier alpha value is -1.30. The van der Waals surface area contributed by atoms with Crippen molar-refractivity contribution in [1.82, 2.24) is 5.32 Å². The number of amides is 1. The Morgan fingerprint density at radius 2 is 2.18 bits per heavy atom. The van der Waals surface area contributed by atoms with Crippen LogP contribution in [-0.4, -0.2) is 36.7 Å². The lowest BCUT2D eigenvalue weighted by molar-refractivity contribution is -0.119. The molecule has 1 amide bonds. The number of aliphatic hydroxyl groups is 1. The highest BCUT2D eigenvalue weighted by Crippen LogP contribution is 1.69. The van der Waals surface area contributed by atoms with Gasteiger partial charge in [-0.15, -0.1) is 0 Å². The van der Waals surface area contributed by atoms with Crippen LogP contribution in [-0.2, 0) is 4.79 Å². The van der Waals surface area contributed by atoms with E-state index in [1.54, 1.807) is 0 Å². The smallest absolute Gasteiger partial charge is 0.241 e. The predicted molar refractivity (Wildman–Crippen MR) is 40.8 cm³/mol. The molecular formula is C5H12N4O2. The molecular weight excluding hydrogens is 148 g/mol. The summed E-state index contributed by atoms with van der Waals surface area (Å²) in [6.45, 7) is 0.0364. The Kier molecular flexibility index (Phi) is 4.83. The zero-order chi connectivity index (χ0) is 8.69. The minimum Gasteiger partial charge on any atom is -0.395 e. The van der Waals surface area contributed by atoms with Crippen LogP contribution in [0, 0.1) is 0 Å². The molecule has 0 aromatic heterocycles. The van der Waals surface area contributed by atoms with Crippen LogP contribution in [0.15, 0.2) is 4.99 Å². The van der Waals surface area contributed by atoms with E-state index in [-0.39, 0.29) is 31.6 Å². The molecule has 0 aliphatic carbocycles. The number of nitrogens with one attached hydrogen (secondary N) is 1. The van der Waals surface area contributed by atoms with E-state index < -0.39 is 0 Å². The standard InChI is InChI=1S/C5H12N4O2/c6-5(7)9-3-4(11)8-1-2-10/h10H,1-3H2,(H,8,11)(H4,6,7,9). The second-order valence-corrected chi connectivity index (χ2v) is 1.81. The monoisotopic (exact) mass is 160 g/mol. The molecule has 64 valence electrons. The molecule has 0 spiro atoms. The highest BCUT2D eigenvalue weighted by Gasteiger charge is 1.96. The van der Waals surface area contributed by atoms with Crippen LogP contribution < -0.4 is 16.8 Å². The molecule has 11 heavy (non-hydrogen) atoms. The van der Waals surface area contributed by atoms with Gasteiger partial charge in [0.2, 0.25) is 5.91 Å². The van der Waals surface area contributed by atoms with E-state index in [4.69, 9.17) is 16.6 Å². The highest BCUT2D eigenvalue weighted by molar-refractivity contribution is 5.82. The SMILES string of the molecule is NC(N)=NCC(=O)NCCO.